The van der Waals surface area contributed by atoms with Crippen molar-refractivity contribution >= 4 is 102 Å². The number of halogens is 6. The molecule has 14 heteroatoms. The highest BCUT2D eigenvalue weighted by molar-refractivity contribution is 8.93. The highest BCUT2D eigenvalue weighted by atomic mass is 79.9. The molecule has 0 spiro atoms. The molecule has 2 fully saturated rings. The Hall–Kier alpha value is 1.78. The molecule has 6 N–H and O–H groups in total. The number of fused-ring (bicyclic) bond motifs is 2. The van der Waals surface area contributed by atoms with Gasteiger partial charge in [-0.3, -0.25) is 9.80 Å². The second-order valence-corrected chi connectivity index (χ2v) is 8.73. The highest BCUT2D eigenvalue weighted by Gasteiger charge is 2.50. The molecular weight excluding hydrogens is 868 g/mol. The molecule has 0 saturated carbocycles. The minimum atomic E-state index is -0.0911. The molecule has 1 aromatic carbocycles. The van der Waals surface area contributed by atoms with Crippen LogP contribution in [0, 0.1) is 0 Å². The molecule has 2 aliphatic heterocycles. The number of hydrogen-bond donors (Lipinski definition) is 6. The average Bonchev–Trinajstić information content (AvgIpc) is 2.77. The van der Waals surface area contributed by atoms with Gasteiger partial charge in [0.2, 0.25) is 0 Å². The molecular formula is C23H48Br6N8. The summed E-state index contributed by atoms with van der Waals surface area (Å²) < 4.78 is 0. The largest absolute Gasteiger partial charge is 0.314 e. The molecule has 8 nitrogen and oxygen atoms in total. The normalized spacial score (nSPS) is 21.6. The molecule has 2 saturated heterocycles. The standard InChI is InChI=1S/C23H42N8.6BrH/c1-2-21-20-22(3-1)23(21,30-16-12-26-8-4-24-5-9-27-13-17-30)31-18-14-28-10-6-25-7-11-29-15-19-31;;;;;;/h1-3,20,24-29H,4-19H2;6*1H. The number of hydrogen-bond acceptors (Lipinski definition) is 8. The minimum absolute atomic E-state index is 0. The Kier molecular flexibility index (Phi) is 28.5. The van der Waals surface area contributed by atoms with Crippen molar-refractivity contribution in [3.63, 3.8) is 0 Å². The first-order valence-electron chi connectivity index (χ1n) is 12.3. The van der Waals surface area contributed by atoms with Gasteiger partial charge in [-0.2, -0.15) is 0 Å². The number of nitrogens with zero attached hydrogens (tertiary/aromatic N) is 2. The third kappa shape index (κ3) is 11.9. The Morgan fingerprint density at radius 2 is 0.703 bits per heavy atom. The fraction of sp³-hybridized carbons (Fsp3) is 0.739. The summed E-state index contributed by atoms with van der Waals surface area (Å²) in [5.74, 6) is 0. The lowest BCUT2D eigenvalue weighted by atomic mass is 9.77. The van der Waals surface area contributed by atoms with Gasteiger partial charge in [0.05, 0.1) is 0 Å². The van der Waals surface area contributed by atoms with Gasteiger partial charge in [-0.25, -0.2) is 0 Å². The first-order chi connectivity index (χ1) is 15.4. The first kappa shape index (κ1) is 43.2. The summed E-state index contributed by atoms with van der Waals surface area (Å²) in [4.78, 5) is 5.44. The molecule has 1 aromatic rings. The zero-order chi connectivity index (χ0) is 21.2. The average molecular weight is 916 g/mol. The van der Waals surface area contributed by atoms with Crippen LogP contribution >= 0.6 is 102 Å². The second-order valence-electron chi connectivity index (χ2n) is 8.73. The Labute approximate surface area is 287 Å². The van der Waals surface area contributed by atoms with Crippen LogP contribution in [0.15, 0.2) is 24.3 Å². The highest BCUT2D eigenvalue weighted by Crippen LogP contribution is 2.46. The van der Waals surface area contributed by atoms with E-state index in [1.807, 2.05) is 0 Å². The van der Waals surface area contributed by atoms with Crippen molar-refractivity contribution in [2.45, 2.75) is 5.66 Å². The summed E-state index contributed by atoms with van der Waals surface area (Å²) >= 11 is 0. The summed E-state index contributed by atoms with van der Waals surface area (Å²) in [6, 6.07) is 9.27. The topological polar surface area (TPSA) is 78.7 Å². The third-order valence-corrected chi connectivity index (χ3v) is 6.73. The van der Waals surface area contributed by atoms with Gasteiger partial charge in [-0.1, -0.05) is 18.2 Å². The van der Waals surface area contributed by atoms with E-state index in [9.17, 15) is 0 Å². The second kappa shape index (κ2) is 24.4. The summed E-state index contributed by atoms with van der Waals surface area (Å²) in [5.41, 5.74) is 2.81. The van der Waals surface area contributed by atoms with E-state index in [2.05, 4.69) is 66.0 Å². The molecule has 0 aromatic heterocycles. The third-order valence-electron chi connectivity index (χ3n) is 6.73. The summed E-state index contributed by atoms with van der Waals surface area (Å²) in [7, 11) is 0. The van der Waals surface area contributed by atoms with Crippen molar-refractivity contribution in [2.75, 3.05) is 105 Å². The number of rotatable bonds is 2. The van der Waals surface area contributed by atoms with E-state index in [-0.39, 0.29) is 108 Å². The Morgan fingerprint density at radius 3 is 0.973 bits per heavy atom. The molecule has 5 rings (SSSR count). The fourth-order valence-corrected chi connectivity index (χ4v) is 5.16. The van der Waals surface area contributed by atoms with Crippen molar-refractivity contribution in [3.8, 4) is 0 Å². The zero-order valence-corrected chi connectivity index (χ0v) is 31.7. The van der Waals surface area contributed by atoms with Crippen molar-refractivity contribution in [2.24, 2.45) is 0 Å². The quantitative estimate of drug-likeness (QED) is 0.269. The van der Waals surface area contributed by atoms with Gasteiger partial charge in [0.1, 0.15) is 5.66 Å². The van der Waals surface area contributed by atoms with Gasteiger partial charge in [-0.15, -0.1) is 102 Å². The van der Waals surface area contributed by atoms with Crippen LogP contribution < -0.4 is 31.9 Å². The van der Waals surface area contributed by atoms with Gasteiger partial charge >= 0.3 is 0 Å². The predicted molar refractivity (Wildman–Crippen MR) is 190 cm³/mol. The van der Waals surface area contributed by atoms with Crippen LogP contribution in [-0.2, 0) is 5.66 Å². The molecule has 2 bridgehead atoms. The van der Waals surface area contributed by atoms with Crippen molar-refractivity contribution < 1.29 is 0 Å². The van der Waals surface area contributed by atoms with Crippen molar-refractivity contribution in [3.05, 3.63) is 35.4 Å². The van der Waals surface area contributed by atoms with Gasteiger partial charge < -0.3 is 31.9 Å². The van der Waals surface area contributed by atoms with Gasteiger partial charge in [0, 0.05) is 105 Å². The Bertz CT molecular complexity index is 595. The van der Waals surface area contributed by atoms with E-state index in [0.29, 0.717) is 0 Å². The lowest BCUT2D eigenvalue weighted by molar-refractivity contribution is -0.0424. The van der Waals surface area contributed by atoms with Crippen LogP contribution in [0.5, 0.6) is 0 Å². The van der Waals surface area contributed by atoms with Gasteiger partial charge in [0.25, 0.3) is 0 Å². The molecule has 2 aliphatic carbocycles. The minimum Gasteiger partial charge on any atom is -0.314 e. The maximum atomic E-state index is 3.65. The van der Waals surface area contributed by atoms with Crippen LogP contribution in [0.3, 0.4) is 0 Å². The fourth-order valence-electron chi connectivity index (χ4n) is 5.16. The number of benzene rings is 1. The molecule has 4 aliphatic rings. The summed E-state index contributed by atoms with van der Waals surface area (Å²) in [6.07, 6.45) is 0. The van der Waals surface area contributed by atoms with E-state index in [1.54, 1.807) is 0 Å². The monoisotopic (exact) mass is 910 g/mol. The van der Waals surface area contributed by atoms with Crippen LogP contribution in [-0.4, -0.2) is 115 Å². The lowest BCUT2D eigenvalue weighted by Crippen LogP contribution is -2.65. The molecule has 0 radical (unpaired) electrons. The molecule has 2 heterocycles. The smallest absolute Gasteiger partial charge is 0.127 e. The SMILES string of the molecule is Br.Br.Br.Br.Br.Br.c1cc2cc(c1)C2(N1CCNCCNCCNCC1)N1CCNCCNCCNCC1. The maximum Gasteiger partial charge on any atom is 0.127 e. The van der Waals surface area contributed by atoms with E-state index < -0.39 is 0 Å². The Balaban J connectivity index is -0.00000193. The number of nitrogens with one attached hydrogen (secondary N) is 6. The zero-order valence-electron chi connectivity index (χ0n) is 21.5. The first-order valence-corrected chi connectivity index (χ1v) is 12.3. The van der Waals surface area contributed by atoms with E-state index in [1.165, 1.54) is 11.1 Å². The van der Waals surface area contributed by atoms with E-state index in [0.717, 1.165) is 105 Å². The summed E-state index contributed by atoms with van der Waals surface area (Å²) in [5, 5.41) is 21.6. The Morgan fingerprint density at radius 1 is 0.432 bits per heavy atom. The van der Waals surface area contributed by atoms with Gasteiger partial charge in [0.15, 0.2) is 0 Å². The molecule has 0 amide bonds. The predicted octanol–water partition coefficient (Wildman–Crippen LogP) is 1.84. The van der Waals surface area contributed by atoms with Crippen LogP contribution in [0.25, 0.3) is 0 Å². The van der Waals surface area contributed by atoms with Crippen molar-refractivity contribution in [1.82, 2.24) is 41.7 Å². The van der Waals surface area contributed by atoms with Crippen LogP contribution in [0.1, 0.15) is 11.1 Å². The van der Waals surface area contributed by atoms with Crippen LogP contribution in [0.2, 0.25) is 0 Å². The molecule has 0 unspecified atom stereocenters. The molecule has 37 heavy (non-hydrogen) atoms. The van der Waals surface area contributed by atoms with E-state index >= 15 is 0 Å². The van der Waals surface area contributed by atoms with Crippen molar-refractivity contribution in [1.29, 1.82) is 0 Å². The van der Waals surface area contributed by atoms with Gasteiger partial charge in [-0.05, 0) is 17.2 Å². The van der Waals surface area contributed by atoms with E-state index in [4.69, 9.17) is 0 Å². The summed E-state index contributed by atoms with van der Waals surface area (Å²) in [6.45, 7) is 16.5. The van der Waals surface area contributed by atoms with Crippen LogP contribution in [0.4, 0.5) is 0 Å². The molecule has 222 valence electrons. The maximum absolute atomic E-state index is 3.65. The molecule has 0 atom stereocenters. The lowest BCUT2D eigenvalue weighted by Gasteiger charge is -2.56.